The van der Waals surface area contributed by atoms with Gasteiger partial charge in [0.1, 0.15) is 11.0 Å². The first kappa shape index (κ1) is 28.6. The van der Waals surface area contributed by atoms with Crippen LogP contribution in [0.2, 0.25) is 0 Å². The summed E-state index contributed by atoms with van der Waals surface area (Å²) in [6, 6.07) is 30.1. The Morgan fingerprint density at radius 3 is 2.21 bits per heavy atom. The van der Waals surface area contributed by atoms with Crippen molar-refractivity contribution in [3.05, 3.63) is 125 Å². The molecule has 0 aliphatic carbocycles. The molecule has 0 saturated heterocycles. The van der Waals surface area contributed by atoms with Crippen molar-refractivity contribution in [1.82, 2.24) is 4.98 Å². The van der Waals surface area contributed by atoms with Gasteiger partial charge in [-0.1, -0.05) is 54.6 Å². The molecule has 0 radical (unpaired) electrons. The molecule has 1 atom stereocenters. The second-order valence-corrected chi connectivity index (χ2v) is 11.0. The Morgan fingerprint density at radius 1 is 0.833 bits per heavy atom. The van der Waals surface area contributed by atoms with Crippen molar-refractivity contribution in [1.29, 1.82) is 0 Å². The van der Waals surface area contributed by atoms with Crippen LogP contribution in [0.25, 0.3) is 11.3 Å². The van der Waals surface area contributed by atoms with Crippen LogP contribution >= 0.6 is 23.1 Å². The normalized spacial score (nSPS) is 11.4. The molecule has 0 bridgehead atoms. The molecule has 5 rings (SSSR count). The fraction of sp³-hybridized carbons (Fsp3) is 0.0625. The molecule has 8 nitrogen and oxygen atoms in total. The number of hydrogen-bond donors (Lipinski definition) is 3. The fourth-order valence-corrected chi connectivity index (χ4v) is 5.94. The lowest BCUT2D eigenvalue weighted by Gasteiger charge is -2.16. The van der Waals surface area contributed by atoms with Crippen molar-refractivity contribution >= 4 is 51.7 Å². The average molecular weight is 596 g/mol. The summed E-state index contributed by atoms with van der Waals surface area (Å²) in [5.41, 5.74) is 2.86. The number of amides is 2. The van der Waals surface area contributed by atoms with Gasteiger partial charge < -0.3 is 20.5 Å². The minimum atomic E-state index is -1.17. The lowest BCUT2D eigenvalue weighted by molar-refractivity contribution is -0.115. The number of rotatable bonds is 10. The largest absolute Gasteiger partial charge is 0.496 e. The molecular weight excluding hydrogens is 571 g/mol. The lowest BCUT2D eigenvalue weighted by Crippen LogP contribution is -2.19. The summed E-state index contributed by atoms with van der Waals surface area (Å²) in [6.45, 7) is 0. The quantitative estimate of drug-likeness (QED) is 0.146. The maximum atomic E-state index is 13.5. The first-order valence-electron chi connectivity index (χ1n) is 12.8. The van der Waals surface area contributed by atoms with E-state index in [9.17, 15) is 19.5 Å². The number of carbonyl (C=O) groups excluding carboxylic acids is 2. The van der Waals surface area contributed by atoms with Crippen molar-refractivity contribution in [3.63, 3.8) is 0 Å². The van der Waals surface area contributed by atoms with Crippen LogP contribution in [0.5, 0.6) is 5.75 Å². The van der Waals surface area contributed by atoms with Gasteiger partial charge in [-0.3, -0.25) is 9.59 Å². The number of nitrogens with one attached hydrogen (secondary N) is 2. The molecule has 5 aromatic rings. The Balaban J connectivity index is 1.31. The van der Waals surface area contributed by atoms with E-state index in [1.807, 2.05) is 60.0 Å². The second-order valence-electron chi connectivity index (χ2n) is 8.97. The average Bonchev–Trinajstić information content (AvgIpc) is 3.49. The zero-order chi connectivity index (χ0) is 29.5. The van der Waals surface area contributed by atoms with Gasteiger partial charge >= 0.3 is 5.97 Å². The third kappa shape index (κ3) is 6.68. The van der Waals surface area contributed by atoms with Crippen molar-refractivity contribution in [2.45, 2.75) is 10.1 Å². The standard InChI is InChI=1S/C32H25N3O5S2/c1-40-27-14-8-7-13-25(27)26-19-41-32(34-26)35-30(37)28(20-9-3-2-4-10-20)42-22-17-15-21(16-18-22)33-29(36)23-11-5-6-12-24(23)31(38)39/h2-19,28H,1H3,(H,33,36)(H,38,39)(H,34,35,37). The second kappa shape index (κ2) is 13.2. The number of aromatic carboxylic acids is 1. The Kier molecular flexibility index (Phi) is 8.96. The summed E-state index contributed by atoms with van der Waals surface area (Å²) >= 11 is 2.70. The van der Waals surface area contributed by atoms with E-state index in [2.05, 4.69) is 15.6 Å². The maximum Gasteiger partial charge on any atom is 0.336 e. The minimum absolute atomic E-state index is 0.0697. The molecule has 10 heteroatoms. The molecule has 1 aromatic heterocycles. The summed E-state index contributed by atoms with van der Waals surface area (Å²) in [5.74, 6) is -1.23. The number of benzene rings is 4. The van der Waals surface area contributed by atoms with E-state index >= 15 is 0 Å². The van der Waals surface area contributed by atoms with Crippen LogP contribution in [0.1, 0.15) is 31.5 Å². The van der Waals surface area contributed by atoms with E-state index < -0.39 is 17.1 Å². The number of para-hydroxylation sites is 1. The third-order valence-corrected chi connectivity index (χ3v) is 8.25. The Bertz CT molecular complexity index is 1720. The number of hydrogen-bond acceptors (Lipinski definition) is 7. The number of anilines is 2. The van der Waals surface area contributed by atoms with Crippen LogP contribution in [0.15, 0.2) is 113 Å². The van der Waals surface area contributed by atoms with E-state index in [1.54, 1.807) is 43.5 Å². The smallest absolute Gasteiger partial charge is 0.336 e. The van der Waals surface area contributed by atoms with E-state index in [1.165, 1.54) is 35.2 Å². The van der Waals surface area contributed by atoms with Gasteiger partial charge in [-0.25, -0.2) is 9.78 Å². The summed E-state index contributed by atoms with van der Waals surface area (Å²) in [7, 11) is 1.61. The lowest BCUT2D eigenvalue weighted by atomic mass is 10.1. The van der Waals surface area contributed by atoms with Gasteiger partial charge in [0.2, 0.25) is 5.91 Å². The number of aromatic nitrogens is 1. The molecule has 3 N–H and O–H groups in total. The molecule has 42 heavy (non-hydrogen) atoms. The summed E-state index contributed by atoms with van der Waals surface area (Å²) in [4.78, 5) is 43.2. The zero-order valence-corrected chi connectivity index (χ0v) is 23.9. The number of ether oxygens (including phenoxy) is 1. The number of carboxylic acid groups (broad SMARTS) is 1. The molecule has 1 unspecified atom stereocenters. The van der Waals surface area contributed by atoms with Gasteiger partial charge in [0.15, 0.2) is 5.13 Å². The van der Waals surface area contributed by atoms with E-state index in [-0.39, 0.29) is 17.0 Å². The Morgan fingerprint density at radius 2 is 1.50 bits per heavy atom. The van der Waals surface area contributed by atoms with Crippen molar-refractivity contribution in [2.24, 2.45) is 0 Å². The molecule has 0 saturated carbocycles. The van der Waals surface area contributed by atoms with E-state index in [0.29, 0.717) is 22.3 Å². The van der Waals surface area contributed by atoms with Crippen LogP contribution in [-0.2, 0) is 4.79 Å². The number of thiazole rings is 1. The van der Waals surface area contributed by atoms with E-state index in [0.717, 1.165) is 16.0 Å². The highest BCUT2D eigenvalue weighted by Crippen LogP contribution is 2.38. The number of nitrogens with zero attached hydrogens (tertiary/aromatic N) is 1. The molecule has 2 amide bonds. The van der Waals surface area contributed by atoms with Crippen molar-refractivity contribution in [2.75, 3.05) is 17.7 Å². The summed E-state index contributed by atoms with van der Waals surface area (Å²) in [6.07, 6.45) is 0. The number of carbonyl (C=O) groups is 3. The van der Waals surface area contributed by atoms with Crippen molar-refractivity contribution in [3.8, 4) is 17.0 Å². The molecule has 4 aromatic carbocycles. The van der Waals surface area contributed by atoms with Gasteiger partial charge in [-0.15, -0.1) is 23.1 Å². The van der Waals surface area contributed by atoms with Crippen molar-refractivity contribution < 1.29 is 24.2 Å². The van der Waals surface area contributed by atoms with Crippen LogP contribution in [0.4, 0.5) is 10.8 Å². The zero-order valence-electron chi connectivity index (χ0n) is 22.3. The molecular formula is C32H25N3O5S2. The topological polar surface area (TPSA) is 118 Å². The first-order chi connectivity index (χ1) is 20.4. The van der Waals surface area contributed by atoms with Gasteiger partial charge in [0.05, 0.1) is 23.9 Å². The number of methoxy groups -OCH3 is 1. The molecule has 210 valence electrons. The highest BCUT2D eigenvalue weighted by Gasteiger charge is 2.24. The number of thioether (sulfide) groups is 1. The predicted octanol–water partition coefficient (Wildman–Crippen LogP) is 7.24. The van der Waals surface area contributed by atoms with Gasteiger partial charge in [-0.05, 0) is 54.1 Å². The summed E-state index contributed by atoms with van der Waals surface area (Å²) in [5, 5.41) is 16.9. The van der Waals surface area contributed by atoms with Crippen LogP contribution < -0.4 is 15.4 Å². The summed E-state index contributed by atoms with van der Waals surface area (Å²) < 4.78 is 5.45. The van der Waals surface area contributed by atoms with Crippen LogP contribution in [-0.4, -0.2) is 35.0 Å². The van der Waals surface area contributed by atoms with Gasteiger partial charge in [0.25, 0.3) is 5.91 Å². The minimum Gasteiger partial charge on any atom is -0.496 e. The number of carboxylic acids is 1. The first-order valence-corrected chi connectivity index (χ1v) is 14.5. The SMILES string of the molecule is COc1ccccc1-c1csc(NC(=O)C(Sc2ccc(NC(=O)c3ccccc3C(=O)O)cc2)c2ccccc2)n1. The van der Waals surface area contributed by atoms with Gasteiger partial charge in [-0.2, -0.15) is 0 Å². The predicted molar refractivity (Wildman–Crippen MR) is 166 cm³/mol. The molecule has 0 spiro atoms. The Labute approximate surface area is 250 Å². The van der Waals surface area contributed by atoms with Crippen LogP contribution in [0.3, 0.4) is 0 Å². The van der Waals surface area contributed by atoms with Gasteiger partial charge in [0, 0.05) is 21.5 Å². The fourth-order valence-electron chi connectivity index (χ4n) is 4.20. The molecule has 0 aliphatic heterocycles. The monoisotopic (exact) mass is 595 g/mol. The van der Waals surface area contributed by atoms with E-state index in [4.69, 9.17) is 4.74 Å². The third-order valence-electron chi connectivity index (χ3n) is 6.23. The molecule has 1 heterocycles. The maximum absolute atomic E-state index is 13.5. The Hall–Kier alpha value is -4.93. The molecule has 0 aliphatic rings. The highest BCUT2D eigenvalue weighted by atomic mass is 32.2. The van der Waals surface area contributed by atoms with Crippen LogP contribution in [0, 0.1) is 0 Å². The molecule has 0 fully saturated rings. The highest BCUT2D eigenvalue weighted by molar-refractivity contribution is 8.00.